The average Bonchev–Trinajstić information content (AvgIpc) is 3.01. The highest BCUT2D eigenvalue weighted by Crippen LogP contribution is 2.35. The van der Waals surface area contributed by atoms with E-state index in [9.17, 15) is 17.9 Å². The van der Waals surface area contributed by atoms with Crippen molar-refractivity contribution in [3.63, 3.8) is 0 Å². The summed E-state index contributed by atoms with van der Waals surface area (Å²) in [5.41, 5.74) is 1.28. The highest BCUT2D eigenvalue weighted by Gasteiger charge is 2.48. The van der Waals surface area contributed by atoms with Crippen LogP contribution in [0.15, 0.2) is 82.7 Å². The molecule has 3 aromatic carbocycles. The highest BCUT2D eigenvalue weighted by atomic mass is 35.5. The van der Waals surface area contributed by atoms with Crippen molar-refractivity contribution in [1.82, 2.24) is 0 Å². The van der Waals surface area contributed by atoms with Crippen LogP contribution in [0.1, 0.15) is 12.5 Å². The second kappa shape index (κ2) is 8.20. The maximum Gasteiger partial charge on any atom is 0.333 e. The third-order valence-corrected chi connectivity index (χ3v) is 6.53. The molecule has 1 aliphatic rings. The van der Waals surface area contributed by atoms with Crippen molar-refractivity contribution < 1.29 is 22.7 Å². The molecule has 2 atom stereocenters. The van der Waals surface area contributed by atoms with E-state index in [1.165, 1.54) is 36.4 Å². The lowest BCUT2D eigenvalue weighted by molar-refractivity contribution is -0.135. The summed E-state index contributed by atoms with van der Waals surface area (Å²) >= 11 is 6.03. The molecule has 1 N–H and O–H groups in total. The molecule has 32 heavy (non-hydrogen) atoms. The second-order valence-electron chi connectivity index (χ2n) is 7.47. The van der Waals surface area contributed by atoms with Crippen molar-refractivity contribution in [2.75, 3.05) is 11.2 Å². The maximum atomic E-state index is 13.3. The number of hydrogen-bond acceptors (Lipinski definition) is 6. The van der Waals surface area contributed by atoms with Gasteiger partial charge in [0.2, 0.25) is 0 Å². The Hall–Kier alpha value is -2.94. The molecule has 0 radical (unpaired) electrons. The first-order valence-electron chi connectivity index (χ1n) is 9.69. The number of halogens is 2. The van der Waals surface area contributed by atoms with Gasteiger partial charge in [-0.3, -0.25) is 0 Å². The molecule has 6 nitrogen and oxygen atoms in total. The van der Waals surface area contributed by atoms with E-state index in [4.69, 9.17) is 16.3 Å². The van der Waals surface area contributed by atoms with Crippen LogP contribution >= 0.6 is 11.6 Å². The smallest absolute Gasteiger partial charge is 0.333 e. The largest absolute Gasteiger partial charge is 0.441 e. The third-order valence-electron chi connectivity index (χ3n) is 5.15. The highest BCUT2D eigenvalue weighted by molar-refractivity contribution is 7.90. The van der Waals surface area contributed by atoms with Gasteiger partial charge in [-0.15, -0.1) is 0 Å². The minimum absolute atomic E-state index is 0.170. The molecule has 166 valence electrons. The number of sulfone groups is 1. The molecule has 0 bridgehead atoms. The Balaban J connectivity index is 1.78. The number of ether oxygens (including phenoxy) is 1. The van der Waals surface area contributed by atoms with Crippen LogP contribution in [0.25, 0.3) is 0 Å². The van der Waals surface area contributed by atoms with Gasteiger partial charge in [-0.25, -0.2) is 12.8 Å². The minimum Gasteiger partial charge on any atom is -0.441 e. The zero-order valence-electron chi connectivity index (χ0n) is 17.2. The van der Waals surface area contributed by atoms with E-state index < -0.39 is 27.6 Å². The molecule has 0 fully saturated rings. The first-order chi connectivity index (χ1) is 15.1. The Kier molecular flexibility index (Phi) is 5.70. The van der Waals surface area contributed by atoms with Gasteiger partial charge in [0.15, 0.2) is 9.84 Å². The third kappa shape index (κ3) is 4.34. The van der Waals surface area contributed by atoms with Gasteiger partial charge in [-0.2, -0.15) is 4.99 Å². The number of aliphatic imine (C=N–C) groups is 1. The molecule has 0 aromatic heterocycles. The molecule has 0 saturated carbocycles. The van der Waals surface area contributed by atoms with Crippen LogP contribution in [0.4, 0.5) is 10.1 Å². The van der Waals surface area contributed by atoms with Crippen molar-refractivity contribution in [1.29, 1.82) is 0 Å². The predicted octanol–water partition coefficient (Wildman–Crippen LogP) is 4.26. The van der Waals surface area contributed by atoms with Gasteiger partial charge in [0, 0.05) is 22.5 Å². The fraction of sp³-hybridized carbons (Fsp3) is 0.174. The van der Waals surface area contributed by atoms with Gasteiger partial charge in [-0.05, 0) is 79.7 Å². The maximum absolute atomic E-state index is 13.3. The lowest BCUT2D eigenvalue weighted by atomic mass is 10.1. The van der Waals surface area contributed by atoms with Crippen LogP contribution in [0.3, 0.4) is 0 Å². The zero-order valence-corrected chi connectivity index (χ0v) is 18.8. The first-order valence-corrected chi connectivity index (χ1v) is 12.0. The summed E-state index contributed by atoms with van der Waals surface area (Å²) < 4.78 is 42.7. The van der Waals surface area contributed by atoms with Crippen LogP contribution in [-0.2, 0) is 9.84 Å². The SMILES string of the molecule is CC1N(c2ccc(Cl)cc2)C(c2ccc(S(C)(=O)=O)cc2)=NC1(O)Oc1ccc(F)cc1. The summed E-state index contributed by atoms with van der Waals surface area (Å²) in [4.78, 5) is 6.40. The Morgan fingerprint density at radius 2 is 1.62 bits per heavy atom. The molecule has 4 rings (SSSR count). The van der Waals surface area contributed by atoms with E-state index in [0.29, 0.717) is 22.1 Å². The molecular weight excluding hydrogens is 455 g/mol. The van der Waals surface area contributed by atoms with Crippen molar-refractivity contribution in [3.8, 4) is 5.75 Å². The van der Waals surface area contributed by atoms with Crippen LogP contribution in [-0.4, -0.2) is 37.6 Å². The van der Waals surface area contributed by atoms with E-state index >= 15 is 0 Å². The summed E-state index contributed by atoms with van der Waals surface area (Å²) in [5, 5.41) is 11.9. The van der Waals surface area contributed by atoms with Gasteiger partial charge in [-0.1, -0.05) is 11.6 Å². The van der Waals surface area contributed by atoms with Crippen molar-refractivity contribution in [2.24, 2.45) is 4.99 Å². The van der Waals surface area contributed by atoms with Crippen LogP contribution < -0.4 is 9.64 Å². The fourth-order valence-corrected chi connectivity index (χ4v) is 4.19. The number of aliphatic hydroxyl groups is 1. The molecule has 9 heteroatoms. The fourth-order valence-electron chi connectivity index (χ4n) is 3.44. The molecule has 3 aromatic rings. The molecule has 0 aliphatic carbocycles. The first kappa shape index (κ1) is 22.3. The standard InChI is InChI=1S/C23H20ClFN2O4S/c1-15-23(28,31-20-11-7-18(25)8-12-20)26-22(27(15)19-9-5-17(24)6-10-19)16-3-13-21(14-4-16)32(2,29)30/h3-15,28H,1-2H3. The molecule has 0 amide bonds. The summed E-state index contributed by atoms with van der Waals surface area (Å²) in [7, 11) is -3.36. The zero-order chi connectivity index (χ0) is 23.1. The van der Waals surface area contributed by atoms with E-state index in [-0.39, 0.29) is 10.6 Å². The number of amidine groups is 1. The number of anilines is 1. The number of rotatable bonds is 5. The van der Waals surface area contributed by atoms with Crippen LogP contribution in [0, 0.1) is 5.82 Å². The van der Waals surface area contributed by atoms with E-state index in [0.717, 1.165) is 6.26 Å². The summed E-state index contributed by atoms with van der Waals surface area (Å²) in [6, 6.07) is 17.8. The van der Waals surface area contributed by atoms with E-state index in [1.54, 1.807) is 48.2 Å². The average molecular weight is 475 g/mol. The summed E-state index contributed by atoms with van der Waals surface area (Å²) in [6.07, 6.45) is 1.13. The van der Waals surface area contributed by atoms with Crippen molar-refractivity contribution in [3.05, 3.63) is 89.2 Å². The normalized spacial score (nSPS) is 20.8. The van der Waals surface area contributed by atoms with Crippen LogP contribution in [0.5, 0.6) is 5.75 Å². The Morgan fingerprint density at radius 3 is 2.19 bits per heavy atom. The predicted molar refractivity (Wildman–Crippen MR) is 121 cm³/mol. The minimum atomic E-state index is -3.36. The molecule has 2 unspecified atom stereocenters. The Labute approximate surface area is 190 Å². The van der Waals surface area contributed by atoms with Gasteiger partial charge in [0.25, 0.3) is 0 Å². The van der Waals surface area contributed by atoms with Gasteiger partial charge in [0.1, 0.15) is 23.4 Å². The van der Waals surface area contributed by atoms with E-state index in [1.807, 2.05) is 0 Å². The number of nitrogens with zero attached hydrogens (tertiary/aromatic N) is 2. The lowest BCUT2D eigenvalue weighted by Crippen LogP contribution is -2.49. The van der Waals surface area contributed by atoms with E-state index in [2.05, 4.69) is 4.99 Å². The topological polar surface area (TPSA) is 79.2 Å². The molecular formula is C23H20ClFN2O4S. The summed E-state index contributed by atoms with van der Waals surface area (Å²) in [6.45, 7) is 1.74. The molecule has 0 saturated heterocycles. The van der Waals surface area contributed by atoms with Crippen molar-refractivity contribution in [2.45, 2.75) is 23.8 Å². The second-order valence-corrected chi connectivity index (χ2v) is 9.92. The molecule has 1 heterocycles. The monoisotopic (exact) mass is 474 g/mol. The van der Waals surface area contributed by atoms with Crippen molar-refractivity contribution >= 4 is 33.0 Å². The van der Waals surface area contributed by atoms with Gasteiger partial charge >= 0.3 is 5.91 Å². The number of benzene rings is 3. The quantitative estimate of drug-likeness (QED) is 0.559. The number of hydrogen-bond donors (Lipinski definition) is 1. The molecule has 1 aliphatic heterocycles. The van der Waals surface area contributed by atoms with Crippen LogP contribution in [0.2, 0.25) is 5.02 Å². The molecule has 0 spiro atoms. The lowest BCUT2D eigenvalue weighted by Gasteiger charge is -2.31. The summed E-state index contributed by atoms with van der Waals surface area (Å²) in [5.74, 6) is -1.79. The Bertz CT molecular complexity index is 1260. The van der Waals surface area contributed by atoms with Gasteiger partial charge < -0.3 is 14.7 Å². The Morgan fingerprint density at radius 1 is 1.03 bits per heavy atom. The van der Waals surface area contributed by atoms with Gasteiger partial charge in [0.05, 0.1) is 4.90 Å².